The molecule has 1 atom stereocenters. The lowest BCUT2D eigenvalue weighted by Gasteiger charge is -2.29. The number of aromatic nitrogens is 3. The molecule has 0 spiro atoms. The summed E-state index contributed by atoms with van der Waals surface area (Å²) in [4.78, 5) is 15.5. The number of rotatable bonds is 5. The number of hydrogen-bond donors (Lipinski definition) is 1. The van der Waals surface area contributed by atoms with Crippen LogP contribution in [0.2, 0.25) is 0 Å². The van der Waals surface area contributed by atoms with Gasteiger partial charge in [-0.3, -0.25) is 4.98 Å². The summed E-state index contributed by atoms with van der Waals surface area (Å²) in [7, 11) is -0.637. The molecule has 1 aliphatic heterocycles. The quantitative estimate of drug-likeness (QED) is 0.562. The number of aryl methyl sites for hydroxylation is 1. The Morgan fingerprint density at radius 1 is 1.16 bits per heavy atom. The highest BCUT2D eigenvalue weighted by Crippen LogP contribution is 2.46. The van der Waals surface area contributed by atoms with Crippen molar-refractivity contribution in [3.8, 4) is 0 Å². The first-order chi connectivity index (χ1) is 15.2. The normalized spacial score (nSPS) is 17.6. The molecule has 1 fully saturated rings. The van der Waals surface area contributed by atoms with E-state index in [0.29, 0.717) is 40.3 Å². The fraction of sp³-hybridized carbons (Fsp3) is 0.409. The maximum Gasteiger partial charge on any atom is 0.266 e. The van der Waals surface area contributed by atoms with Crippen LogP contribution in [-0.2, 0) is 4.57 Å². The number of benzene rings is 1. The van der Waals surface area contributed by atoms with Crippen LogP contribution in [0.5, 0.6) is 0 Å². The van der Waals surface area contributed by atoms with E-state index in [4.69, 9.17) is 0 Å². The van der Waals surface area contributed by atoms with Crippen molar-refractivity contribution < 1.29 is 17.7 Å². The summed E-state index contributed by atoms with van der Waals surface area (Å²) in [6.07, 6.45) is -0.200. The first kappa shape index (κ1) is 22.7. The second-order valence-corrected chi connectivity index (χ2v) is 11.4. The van der Waals surface area contributed by atoms with Crippen LogP contribution in [0, 0.1) is 12.7 Å². The minimum absolute atomic E-state index is 0.115. The third-order valence-corrected chi connectivity index (χ3v) is 8.82. The van der Waals surface area contributed by atoms with Crippen molar-refractivity contribution in [3.63, 3.8) is 0 Å². The molecule has 0 bridgehead atoms. The molecule has 0 unspecified atom stereocenters. The van der Waals surface area contributed by atoms with Gasteiger partial charge in [-0.25, -0.2) is 23.1 Å². The Morgan fingerprint density at radius 3 is 2.53 bits per heavy atom. The fourth-order valence-electron chi connectivity index (χ4n) is 3.94. The molecule has 0 radical (unpaired) electrons. The summed E-state index contributed by atoms with van der Waals surface area (Å²) in [6, 6.07) is 5.08. The van der Waals surface area contributed by atoms with Crippen LogP contribution >= 0.6 is 7.14 Å². The van der Waals surface area contributed by atoms with E-state index in [1.807, 2.05) is 7.05 Å². The average molecular weight is 463 g/mol. The zero-order valence-corrected chi connectivity index (χ0v) is 19.0. The summed E-state index contributed by atoms with van der Waals surface area (Å²) in [5.41, 5.74) is 0.585. The van der Waals surface area contributed by atoms with Gasteiger partial charge in [0, 0.05) is 36.4 Å². The largest absolute Gasteiger partial charge is 0.363 e. The molecule has 0 saturated carbocycles. The molecule has 1 N–H and O–H groups in total. The smallest absolute Gasteiger partial charge is 0.266 e. The van der Waals surface area contributed by atoms with Gasteiger partial charge < -0.3 is 14.8 Å². The van der Waals surface area contributed by atoms with Crippen LogP contribution in [-0.4, -0.2) is 52.3 Å². The van der Waals surface area contributed by atoms with Gasteiger partial charge in [-0.05, 0) is 27.0 Å². The van der Waals surface area contributed by atoms with Crippen LogP contribution in [0.4, 0.5) is 19.0 Å². The van der Waals surface area contributed by atoms with Gasteiger partial charge in [0.1, 0.15) is 30.0 Å². The van der Waals surface area contributed by atoms with E-state index in [-0.39, 0.29) is 5.56 Å². The number of fused-ring (bicyclic) bond motifs is 1. The molecule has 32 heavy (non-hydrogen) atoms. The van der Waals surface area contributed by atoms with E-state index in [0.717, 1.165) is 19.2 Å². The molecule has 170 valence electrons. The molecule has 0 amide bonds. The van der Waals surface area contributed by atoms with E-state index in [9.17, 15) is 17.7 Å². The summed E-state index contributed by atoms with van der Waals surface area (Å²) >= 11 is 0. The summed E-state index contributed by atoms with van der Waals surface area (Å²) in [5.74, 6) is -0.0311. The molecule has 1 aliphatic rings. The number of nitrogens with one attached hydrogen (secondary N) is 1. The Bertz CT molecular complexity index is 1190. The van der Waals surface area contributed by atoms with Gasteiger partial charge in [0.15, 0.2) is 0 Å². The summed E-state index contributed by atoms with van der Waals surface area (Å²) < 4.78 is 54.4. The van der Waals surface area contributed by atoms with Gasteiger partial charge in [0.25, 0.3) is 6.43 Å². The Balaban J connectivity index is 1.72. The molecular formula is C22H25F3N5OP. The van der Waals surface area contributed by atoms with E-state index < -0.39 is 31.0 Å². The molecule has 1 aromatic carbocycles. The van der Waals surface area contributed by atoms with E-state index >= 15 is 0 Å². The van der Waals surface area contributed by atoms with Crippen molar-refractivity contribution in [2.75, 3.05) is 37.8 Å². The number of pyridine rings is 1. The maximum absolute atomic E-state index is 14.7. The number of halogens is 3. The van der Waals surface area contributed by atoms with Crippen molar-refractivity contribution >= 4 is 29.3 Å². The Morgan fingerprint density at radius 2 is 1.84 bits per heavy atom. The first-order valence-corrected chi connectivity index (χ1v) is 12.5. The van der Waals surface area contributed by atoms with Crippen LogP contribution in [0.3, 0.4) is 0 Å². The average Bonchev–Trinajstić information content (AvgIpc) is 2.75. The topological polar surface area (TPSA) is 71.0 Å². The third-order valence-electron chi connectivity index (χ3n) is 5.90. The van der Waals surface area contributed by atoms with Crippen LogP contribution in [0.25, 0.3) is 10.9 Å². The monoisotopic (exact) mass is 463 g/mol. The minimum Gasteiger partial charge on any atom is -0.363 e. The van der Waals surface area contributed by atoms with Crippen LogP contribution in [0.1, 0.15) is 36.3 Å². The molecule has 0 aliphatic carbocycles. The number of hydrogen-bond acceptors (Lipinski definition) is 6. The SMILES string of the molecule is Cc1nc(N[C@H](C)c2cccc(C(F)F)c2F)c2cc(P3(=O)CCN(C)CC3)ncc2n1. The van der Waals surface area contributed by atoms with Crippen molar-refractivity contribution in [1.82, 2.24) is 19.9 Å². The van der Waals surface area contributed by atoms with Gasteiger partial charge in [0.2, 0.25) is 0 Å². The molecule has 4 rings (SSSR count). The molecule has 1 saturated heterocycles. The number of nitrogens with zero attached hydrogens (tertiary/aromatic N) is 4. The zero-order chi connectivity index (χ0) is 23.0. The predicted octanol–water partition coefficient (Wildman–Crippen LogP) is 4.52. The Labute approximate surface area is 184 Å². The van der Waals surface area contributed by atoms with Crippen LogP contribution in [0.15, 0.2) is 30.5 Å². The predicted molar refractivity (Wildman–Crippen MR) is 120 cm³/mol. The van der Waals surface area contributed by atoms with Crippen molar-refractivity contribution in [2.24, 2.45) is 0 Å². The maximum atomic E-state index is 14.7. The van der Waals surface area contributed by atoms with Gasteiger partial charge in [-0.2, -0.15) is 0 Å². The fourth-order valence-corrected chi connectivity index (χ4v) is 6.58. The van der Waals surface area contributed by atoms with Crippen molar-refractivity contribution in [1.29, 1.82) is 0 Å². The highest BCUT2D eigenvalue weighted by molar-refractivity contribution is 7.71. The standard InChI is InChI=1S/C22H25F3N5OP/c1-13(15-5-4-6-16(20(15)23)21(24)25)27-22-17-11-19(26-12-18(17)28-14(2)29-22)32(31)9-7-30(3)8-10-32/h4-6,11-13,21H,7-10H2,1-3H3,(H,27,28,29)/t13-/m1/s1. The van der Waals surface area contributed by atoms with E-state index in [1.165, 1.54) is 12.1 Å². The molecular weight excluding hydrogens is 438 g/mol. The van der Waals surface area contributed by atoms with Crippen molar-refractivity contribution in [3.05, 3.63) is 53.2 Å². The van der Waals surface area contributed by atoms with Crippen molar-refractivity contribution in [2.45, 2.75) is 26.3 Å². The molecule has 6 nitrogen and oxygen atoms in total. The Kier molecular flexibility index (Phi) is 6.23. The second-order valence-electron chi connectivity index (χ2n) is 8.24. The number of anilines is 1. The van der Waals surface area contributed by atoms with Crippen LogP contribution < -0.4 is 10.8 Å². The highest BCUT2D eigenvalue weighted by atomic mass is 31.2. The minimum atomic E-state index is -2.90. The summed E-state index contributed by atoms with van der Waals surface area (Å²) in [6.45, 7) is 4.88. The zero-order valence-electron chi connectivity index (χ0n) is 18.1. The molecule has 10 heteroatoms. The van der Waals surface area contributed by atoms with Gasteiger partial charge >= 0.3 is 0 Å². The summed E-state index contributed by atoms with van der Waals surface area (Å²) in [5, 5.41) is 3.75. The van der Waals surface area contributed by atoms with Gasteiger partial charge in [-0.1, -0.05) is 18.2 Å². The molecule has 2 aromatic heterocycles. The van der Waals surface area contributed by atoms with E-state index in [2.05, 4.69) is 25.2 Å². The van der Waals surface area contributed by atoms with Gasteiger partial charge in [0.05, 0.1) is 23.3 Å². The highest BCUT2D eigenvalue weighted by Gasteiger charge is 2.31. The van der Waals surface area contributed by atoms with Gasteiger partial charge in [-0.15, -0.1) is 0 Å². The lowest BCUT2D eigenvalue weighted by Crippen LogP contribution is -2.34. The lowest BCUT2D eigenvalue weighted by molar-refractivity contribution is 0.146. The number of alkyl halides is 2. The molecule has 3 aromatic rings. The second kappa shape index (κ2) is 8.79. The first-order valence-electron chi connectivity index (χ1n) is 10.4. The van der Waals surface area contributed by atoms with E-state index in [1.54, 1.807) is 26.1 Å². The lowest BCUT2D eigenvalue weighted by atomic mass is 10.0. The Hall–Kier alpha value is -2.51. The molecule has 3 heterocycles. The third kappa shape index (κ3) is 4.36.